The van der Waals surface area contributed by atoms with Gasteiger partial charge < -0.3 is 4.74 Å². The third-order valence-electron chi connectivity index (χ3n) is 4.78. The van der Waals surface area contributed by atoms with E-state index in [2.05, 4.69) is 79.4 Å². The zero-order valence-corrected chi connectivity index (χ0v) is 15.4. The van der Waals surface area contributed by atoms with E-state index >= 15 is 0 Å². The summed E-state index contributed by atoms with van der Waals surface area (Å²) in [6, 6.07) is 19.2. The van der Waals surface area contributed by atoms with Crippen molar-refractivity contribution in [3.63, 3.8) is 0 Å². The van der Waals surface area contributed by atoms with E-state index in [1.165, 1.54) is 36.8 Å². The summed E-state index contributed by atoms with van der Waals surface area (Å²) in [6.45, 7) is 6.76. The fourth-order valence-electron chi connectivity index (χ4n) is 3.43. The number of nitrogens with zero attached hydrogens (tertiary/aromatic N) is 1. The van der Waals surface area contributed by atoms with Crippen LogP contribution < -0.4 is 4.74 Å². The van der Waals surface area contributed by atoms with E-state index in [1.54, 1.807) is 0 Å². The molecule has 3 rings (SSSR count). The summed E-state index contributed by atoms with van der Waals surface area (Å²) in [7, 11) is 0. The number of fused-ring (bicyclic) bond motifs is 1. The zero-order chi connectivity index (χ0) is 17.5. The molecule has 1 aliphatic heterocycles. The van der Waals surface area contributed by atoms with Crippen LogP contribution in [0.1, 0.15) is 56.7 Å². The van der Waals surface area contributed by atoms with Crippen LogP contribution in [-0.4, -0.2) is 18.0 Å². The van der Waals surface area contributed by atoms with Gasteiger partial charge >= 0.3 is 0 Å². The van der Waals surface area contributed by atoms with E-state index in [1.807, 2.05) is 0 Å². The summed E-state index contributed by atoms with van der Waals surface area (Å²) in [6.07, 6.45) is 7.09. The molecule has 0 bridgehead atoms. The summed E-state index contributed by atoms with van der Waals surface area (Å²) < 4.78 is 6.28. The standard InChI is InChI=1S/C23H29NO/c1-3-5-16-24(17-6-4-2)23-20-14-10-11-15-21(20)25-22(23)18-19-12-8-7-9-13-19/h7-15,18,23H,3-6,16-17H2,1-2H3/b22-18-. The number of ether oxygens (including phenoxy) is 1. The van der Waals surface area contributed by atoms with Gasteiger partial charge in [-0.15, -0.1) is 0 Å². The highest BCUT2D eigenvalue weighted by Crippen LogP contribution is 2.43. The average Bonchev–Trinajstić information content (AvgIpc) is 3.01. The highest BCUT2D eigenvalue weighted by molar-refractivity contribution is 5.58. The second kappa shape index (κ2) is 8.87. The topological polar surface area (TPSA) is 12.5 Å². The molecule has 2 aromatic rings. The molecule has 1 aliphatic rings. The minimum absolute atomic E-state index is 0.231. The monoisotopic (exact) mass is 335 g/mol. The van der Waals surface area contributed by atoms with Gasteiger partial charge in [0.05, 0.1) is 6.04 Å². The van der Waals surface area contributed by atoms with Crippen LogP contribution in [-0.2, 0) is 0 Å². The second-order valence-corrected chi connectivity index (χ2v) is 6.74. The summed E-state index contributed by atoms with van der Waals surface area (Å²) in [5.74, 6) is 2.06. The van der Waals surface area contributed by atoms with Crippen LogP contribution in [0.25, 0.3) is 6.08 Å². The molecule has 0 aromatic heterocycles. The van der Waals surface area contributed by atoms with Gasteiger partial charge in [-0.2, -0.15) is 0 Å². The second-order valence-electron chi connectivity index (χ2n) is 6.74. The van der Waals surface area contributed by atoms with Crippen molar-refractivity contribution in [1.29, 1.82) is 0 Å². The van der Waals surface area contributed by atoms with Crippen LogP contribution in [0.2, 0.25) is 0 Å². The van der Waals surface area contributed by atoms with Crippen molar-refractivity contribution in [1.82, 2.24) is 4.90 Å². The summed E-state index contributed by atoms with van der Waals surface area (Å²) in [4.78, 5) is 2.60. The minimum atomic E-state index is 0.231. The lowest BCUT2D eigenvalue weighted by Crippen LogP contribution is -2.31. The molecule has 0 saturated heterocycles. The van der Waals surface area contributed by atoms with Crippen molar-refractivity contribution < 1.29 is 4.74 Å². The van der Waals surface area contributed by atoms with Crippen LogP contribution >= 0.6 is 0 Å². The first kappa shape index (κ1) is 17.8. The lowest BCUT2D eigenvalue weighted by atomic mass is 10.0. The molecule has 2 aromatic carbocycles. The molecule has 0 amide bonds. The number of hydrogen-bond donors (Lipinski definition) is 0. The van der Waals surface area contributed by atoms with E-state index in [0.717, 1.165) is 24.6 Å². The van der Waals surface area contributed by atoms with Gasteiger partial charge in [0.1, 0.15) is 11.5 Å². The van der Waals surface area contributed by atoms with E-state index in [9.17, 15) is 0 Å². The Morgan fingerprint density at radius 2 is 1.52 bits per heavy atom. The average molecular weight is 335 g/mol. The van der Waals surface area contributed by atoms with Gasteiger partial charge in [-0.25, -0.2) is 0 Å². The zero-order valence-electron chi connectivity index (χ0n) is 15.4. The van der Waals surface area contributed by atoms with Crippen LogP contribution in [0.4, 0.5) is 0 Å². The molecule has 0 spiro atoms. The van der Waals surface area contributed by atoms with E-state index in [0.29, 0.717) is 0 Å². The van der Waals surface area contributed by atoms with Crippen molar-refractivity contribution in [3.05, 3.63) is 71.5 Å². The number of rotatable bonds is 8. The molecule has 1 unspecified atom stereocenters. The number of unbranched alkanes of at least 4 members (excludes halogenated alkanes) is 2. The van der Waals surface area contributed by atoms with Gasteiger partial charge in [-0.05, 0) is 43.6 Å². The fraction of sp³-hybridized carbons (Fsp3) is 0.391. The van der Waals surface area contributed by atoms with Crippen LogP contribution in [0.5, 0.6) is 5.75 Å². The predicted molar refractivity (Wildman–Crippen MR) is 106 cm³/mol. The summed E-state index contributed by atoms with van der Waals surface area (Å²) in [5.41, 5.74) is 2.50. The van der Waals surface area contributed by atoms with Crippen molar-refractivity contribution in [3.8, 4) is 5.75 Å². The Balaban J connectivity index is 1.95. The minimum Gasteiger partial charge on any atom is -0.459 e. The molecule has 0 radical (unpaired) electrons. The molecule has 0 fully saturated rings. The van der Waals surface area contributed by atoms with Crippen molar-refractivity contribution >= 4 is 6.08 Å². The Morgan fingerprint density at radius 3 is 2.20 bits per heavy atom. The summed E-state index contributed by atoms with van der Waals surface area (Å²) >= 11 is 0. The quantitative estimate of drug-likeness (QED) is 0.581. The van der Waals surface area contributed by atoms with Gasteiger partial charge in [0, 0.05) is 5.56 Å². The van der Waals surface area contributed by atoms with E-state index in [4.69, 9.17) is 4.74 Å². The molecular weight excluding hydrogens is 306 g/mol. The first-order valence-electron chi connectivity index (χ1n) is 9.61. The molecule has 1 atom stereocenters. The largest absolute Gasteiger partial charge is 0.459 e. The van der Waals surface area contributed by atoms with Crippen LogP contribution in [0.15, 0.2) is 60.4 Å². The van der Waals surface area contributed by atoms with Crippen molar-refractivity contribution in [2.75, 3.05) is 13.1 Å². The SMILES string of the molecule is CCCCN(CCCC)C1/C(=C/c2ccccc2)Oc2ccccc21. The van der Waals surface area contributed by atoms with E-state index < -0.39 is 0 Å². The maximum absolute atomic E-state index is 6.28. The third kappa shape index (κ3) is 4.32. The van der Waals surface area contributed by atoms with Crippen LogP contribution in [0, 0.1) is 0 Å². The smallest absolute Gasteiger partial charge is 0.132 e. The van der Waals surface area contributed by atoms with Gasteiger partial charge in [-0.1, -0.05) is 75.2 Å². The number of benzene rings is 2. The van der Waals surface area contributed by atoms with Gasteiger partial charge in [0.2, 0.25) is 0 Å². The molecule has 0 saturated carbocycles. The van der Waals surface area contributed by atoms with Gasteiger partial charge in [-0.3, -0.25) is 4.90 Å². The fourth-order valence-corrected chi connectivity index (χ4v) is 3.43. The molecule has 0 aliphatic carbocycles. The molecule has 1 heterocycles. The first-order valence-corrected chi connectivity index (χ1v) is 9.61. The number of para-hydroxylation sites is 1. The third-order valence-corrected chi connectivity index (χ3v) is 4.78. The maximum Gasteiger partial charge on any atom is 0.132 e. The summed E-state index contributed by atoms with van der Waals surface area (Å²) in [5, 5.41) is 0. The van der Waals surface area contributed by atoms with Crippen LogP contribution in [0.3, 0.4) is 0 Å². The van der Waals surface area contributed by atoms with Crippen molar-refractivity contribution in [2.45, 2.75) is 45.6 Å². The number of hydrogen-bond acceptors (Lipinski definition) is 2. The molecule has 2 heteroatoms. The lowest BCUT2D eigenvalue weighted by Gasteiger charge is -2.29. The lowest BCUT2D eigenvalue weighted by molar-refractivity contribution is 0.199. The predicted octanol–water partition coefficient (Wildman–Crippen LogP) is 6.06. The Labute approximate surface area is 152 Å². The van der Waals surface area contributed by atoms with Gasteiger partial charge in [0.25, 0.3) is 0 Å². The highest BCUT2D eigenvalue weighted by Gasteiger charge is 2.33. The molecular formula is C23H29NO. The molecule has 0 N–H and O–H groups in total. The molecule has 2 nitrogen and oxygen atoms in total. The highest BCUT2D eigenvalue weighted by atomic mass is 16.5. The normalized spacial score (nSPS) is 17.7. The Kier molecular flexibility index (Phi) is 6.30. The first-order chi connectivity index (χ1) is 12.3. The maximum atomic E-state index is 6.28. The Hall–Kier alpha value is -2.06. The molecule has 25 heavy (non-hydrogen) atoms. The molecule has 132 valence electrons. The Morgan fingerprint density at radius 1 is 0.880 bits per heavy atom. The van der Waals surface area contributed by atoms with Crippen molar-refractivity contribution in [2.24, 2.45) is 0 Å². The Bertz CT molecular complexity index is 684. The van der Waals surface area contributed by atoms with E-state index in [-0.39, 0.29) is 6.04 Å². The van der Waals surface area contributed by atoms with Gasteiger partial charge in [0.15, 0.2) is 0 Å².